The van der Waals surface area contributed by atoms with E-state index in [1.165, 1.54) is 4.90 Å². The Labute approximate surface area is 115 Å². The van der Waals surface area contributed by atoms with E-state index in [1.54, 1.807) is 14.0 Å². The lowest BCUT2D eigenvalue weighted by Crippen LogP contribution is -2.41. The summed E-state index contributed by atoms with van der Waals surface area (Å²) in [5.74, 6) is -1.46. The van der Waals surface area contributed by atoms with Gasteiger partial charge in [-0.3, -0.25) is 4.79 Å². The summed E-state index contributed by atoms with van der Waals surface area (Å²) in [6.07, 6.45) is 2.93. The van der Waals surface area contributed by atoms with Crippen molar-refractivity contribution in [1.29, 1.82) is 0 Å². The van der Waals surface area contributed by atoms with Gasteiger partial charge in [-0.25, -0.2) is 4.79 Å². The Bertz CT molecular complexity index is 271. The van der Waals surface area contributed by atoms with Crippen LogP contribution < -0.4 is 5.32 Å². The SMILES string of the molecule is CCCCOCCCNC(=O)N(C)CC(C)C(=O)O. The number of carbonyl (C=O) groups excluding carboxylic acids is 1. The number of rotatable bonds is 10. The topological polar surface area (TPSA) is 78.9 Å². The average molecular weight is 274 g/mol. The van der Waals surface area contributed by atoms with Gasteiger partial charge in [-0.1, -0.05) is 20.3 Å². The molecule has 19 heavy (non-hydrogen) atoms. The summed E-state index contributed by atoms with van der Waals surface area (Å²) in [5.41, 5.74) is 0. The molecule has 0 saturated carbocycles. The van der Waals surface area contributed by atoms with Gasteiger partial charge in [0.2, 0.25) is 0 Å². The number of nitrogens with one attached hydrogen (secondary N) is 1. The maximum Gasteiger partial charge on any atom is 0.317 e. The van der Waals surface area contributed by atoms with E-state index in [0.29, 0.717) is 13.2 Å². The lowest BCUT2D eigenvalue weighted by molar-refractivity contribution is -0.141. The first kappa shape index (κ1) is 17.7. The molecule has 1 unspecified atom stereocenters. The fourth-order valence-corrected chi connectivity index (χ4v) is 1.42. The number of nitrogens with zero attached hydrogens (tertiary/aromatic N) is 1. The van der Waals surface area contributed by atoms with Crippen LogP contribution in [0.2, 0.25) is 0 Å². The van der Waals surface area contributed by atoms with Crippen molar-refractivity contribution in [2.45, 2.75) is 33.1 Å². The van der Waals surface area contributed by atoms with Gasteiger partial charge in [0.15, 0.2) is 0 Å². The molecule has 0 aliphatic rings. The molecule has 0 aromatic rings. The van der Waals surface area contributed by atoms with E-state index in [-0.39, 0.29) is 12.6 Å². The minimum Gasteiger partial charge on any atom is -0.481 e. The van der Waals surface area contributed by atoms with Crippen LogP contribution in [0.15, 0.2) is 0 Å². The maximum atomic E-state index is 11.6. The molecule has 0 heterocycles. The van der Waals surface area contributed by atoms with Crippen molar-refractivity contribution >= 4 is 12.0 Å². The summed E-state index contributed by atoms with van der Waals surface area (Å²) < 4.78 is 5.37. The molecular weight excluding hydrogens is 248 g/mol. The van der Waals surface area contributed by atoms with Crippen LogP contribution in [0.3, 0.4) is 0 Å². The van der Waals surface area contributed by atoms with Gasteiger partial charge in [0.05, 0.1) is 5.92 Å². The van der Waals surface area contributed by atoms with E-state index in [2.05, 4.69) is 12.2 Å². The lowest BCUT2D eigenvalue weighted by atomic mass is 10.2. The van der Waals surface area contributed by atoms with E-state index in [4.69, 9.17) is 9.84 Å². The number of unbranched alkanes of at least 4 members (excludes halogenated alkanes) is 1. The van der Waals surface area contributed by atoms with Gasteiger partial charge in [0.1, 0.15) is 0 Å². The Morgan fingerprint density at radius 3 is 2.53 bits per heavy atom. The molecule has 0 fully saturated rings. The van der Waals surface area contributed by atoms with Crippen molar-refractivity contribution in [3.8, 4) is 0 Å². The molecule has 0 radical (unpaired) electrons. The van der Waals surface area contributed by atoms with Crippen molar-refractivity contribution in [2.24, 2.45) is 5.92 Å². The van der Waals surface area contributed by atoms with Crippen molar-refractivity contribution < 1.29 is 19.4 Å². The molecule has 6 nitrogen and oxygen atoms in total. The molecule has 0 saturated heterocycles. The van der Waals surface area contributed by atoms with E-state index >= 15 is 0 Å². The highest BCUT2D eigenvalue weighted by molar-refractivity contribution is 5.75. The highest BCUT2D eigenvalue weighted by Crippen LogP contribution is 1.98. The van der Waals surface area contributed by atoms with Crippen molar-refractivity contribution in [2.75, 3.05) is 33.4 Å². The molecule has 0 bridgehead atoms. The largest absolute Gasteiger partial charge is 0.481 e. The van der Waals surface area contributed by atoms with E-state index < -0.39 is 11.9 Å². The summed E-state index contributed by atoms with van der Waals surface area (Å²) in [4.78, 5) is 23.7. The predicted molar refractivity (Wildman–Crippen MR) is 73.2 cm³/mol. The summed E-state index contributed by atoms with van der Waals surface area (Å²) in [5, 5.41) is 11.5. The Morgan fingerprint density at radius 2 is 1.95 bits per heavy atom. The van der Waals surface area contributed by atoms with Crippen molar-refractivity contribution in [3.05, 3.63) is 0 Å². The van der Waals surface area contributed by atoms with Crippen LogP contribution in [0.4, 0.5) is 4.79 Å². The monoisotopic (exact) mass is 274 g/mol. The number of carboxylic acid groups (broad SMARTS) is 1. The Balaban J connectivity index is 3.60. The third-order valence-corrected chi connectivity index (χ3v) is 2.70. The second kappa shape index (κ2) is 10.6. The maximum absolute atomic E-state index is 11.6. The number of hydrogen-bond donors (Lipinski definition) is 2. The zero-order chi connectivity index (χ0) is 14.7. The smallest absolute Gasteiger partial charge is 0.317 e. The summed E-state index contributed by atoms with van der Waals surface area (Å²) in [7, 11) is 1.59. The lowest BCUT2D eigenvalue weighted by Gasteiger charge is -2.19. The number of hydrogen-bond acceptors (Lipinski definition) is 3. The predicted octanol–water partition coefficient (Wildman–Crippen LogP) is 1.56. The molecule has 2 N–H and O–H groups in total. The van der Waals surface area contributed by atoms with Gasteiger partial charge in [0.25, 0.3) is 0 Å². The van der Waals surface area contributed by atoms with Crippen LogP contribution in [-0.2, 0) is 9.53 Å². The standard InChI is InChI=1S/C13H26N2O4/c1-4-5-8-19-9-6-7-14-13(18)15(3)10-11(2)12(16)17/h11H,4-10H2,1-3H3,(H,14,18)(H,16,17). The first-order valence-corrected chi connectivity index (χ1v) is 6.78. The summed E-state index contributed by atoms with van der Waals surface area (Å²) in [6, 6.07) is -0.248. The van der Waals surface area contributed by atoms with Gasteiger partial charge in [0, 0.05) is 33.4 Å². The van der Waals surface area contributed by atoms with Crippen LogP contribution in [0, 0.1) is 5.92 Å². The van der Waals surface area contributed by atoms with Gasteiger partial charge in [-0.05, 0) is 12.8 Å². The molecule has 0 rings (SSSR count). The Morgan fingerprint density at radius 1 is 1.32 bits per heavy atom. The highest BCUT2D eigenvalue weighted by Gasteiger charge is 2.16. The number of urea groups is 1. The molecule has 0 aromatic carbocycles. The molecule has 0 aliphatic heterocycles. The Kier molecular flexibility index (Phi) is 9.88. The van der Waals surface area contributed by atoms with Crippen molar-refractivity contribution in [3.63, 3.8) is 0 Å². The van der Waals surface area contributed by atoms with E-state index in [0.717, 1.165) is 25.9 Å². The third-order valence-electron chi connectivity index (χ3n) is 2.70. The Hall–Kier alpha value is -1.30. The first-order chi connectivity index (χ1) is 8.99. The van der Waals surface area contributed by atoms with Crippen molar-refractivity contribution in [1.82, 2.24) is 10.2 Å². The molecule has 6 heteroatoms. The van der Waals surface area contributed by atoms with Gasteiger partial charge in [-0.2, -0.15) is 0 Å². The van der Waals surface area contributed by atoms with Crippen LogP contribution >= 0.6 is 0 Å². The second-order valence-electron chi connectivity index (χ2n) is 4.67. The summed E-state index contributed by atoms with van der Waals surface area (Å²) >= 11 is 0. The molecule has 2 amide bonds. The summed E-state index contributed by atoms with van der Waals surface area (Å²) in [6.45, 7) is 5.83. The number of ether oxygens (including phenoxy) is 1. The normalized spacial score (nSPS) is 11.9. The first-order valence-electron chi connectivity index (χ1n) is 6.78. The molecular formula is C13H26N2O4. The molecule has 0 spiro atoms. The molecule has 0 aliphatic carbocycles. The van der Waals surface area contributed by atoms with E-state index in [1.807, 2.05) is 0 Å². The molecule has 1 atom stereocenters. The minimum atomic E-state index is -0.899. The molecule has 0 aromatic heterocycles. The van der Waals surface area contributed by atoms with Crippen LogP contribution in [0.25, 0.3) is 0 Å². The number of amides is 2. The highest BCUT2D eigenvalue weighted by atomic mass is 16.5. The fraction of sp³-hybridized carbons (Fsp3) is 0.846. The molecule has 112 valence electrons. The van der Waals surface area contributed by atoms with Gasteiger partial charge >= 0.3 is 12.0 Å². The quantitative estimate of drug-likeness (QED) is 0.592. The number of carboxylic acids is 1. The van der Waals surface area contributed by atoms with Crippen LogP contribution in [-0.4, -0.2) is 55.4 Å². The number of carbonyl (C=O) groups is 2. The van der Waals surface area contributed by atoms with Gasteiger partial charge in [-0.15, -0.1) is 0 Å². The van der Waals surface area contributed by atoms with Crippen LogP contribution in [0.1, 0.15) is 33.1 Å². The zero-order valence-electron chi connectivity index (χ0n) is 12.1. The van der Waals surface area contributed by atoms with E-state index in [9.17, 15) is 9.59 Å². The van der Waals surface area contributed by atoms with Gasteiger partial charge < -0.3 is 20.1 Å². The van der Waals surface area contributed by atoms with Crippen LogP contribution in [0.5, 0.6) is 0 Å². The minimum absolute atomic E-state index is 0.203. The third kappa shape index (κ3) is 9.30. The second-order valence-corrected chi connectivity index (χ2v) is 4.67. The number of aliphatic carboxylic acids is 1. The fourth-order valence-electron chi connectivity index (χ4n) is 1.42. The zero-order valence-corrected chi connectivity index (χ0v) is 12.1. The average Bonchev–Trinajstić information content (AvgIpc) is 2.37.